The fourth-order valence-electron chi connectivity index (χ4n) is 1.55. The standard InChI is InChI=1S/C13H21N3/c1-6-9-16(13(3,4)5)12-8-7-11(14)10(2)15-12/h6-8H,1,9,14H2,2-5H3. The van der Waals surface area contributed by atoms with E-state index in [-0.39, 0.29) is 5.54 Å². The summed E-state index contributed by atoms with van der Waals surface area (Å²) >= 11 is 0. The van der Waals surface area contributed by atoms with Crippen LogP contribution in [0.3, 0.4) is 0 Å². The molecule has 0 saturated heterocycles. The molecule has 1 rings (SSSR count). The van der Waals surface area contributed by atoms with E-state index in [2.05, 4.69) is 37.2 Å². The van der Waals surface area contributed by atoms with E-state index in [1.165, 1.54) is 0 Å². The molecule has 2 N–H and O–H groups in total. The molecule has 0 saturated carbocycles. The van der Waals surface area contributed by atoms with E-state index in [1.807, 2.05) is 25.1 Å². The molecule has 0 fully saturated rings. The van der Waals surface area contributed by atoms with Crippen molar-refractivity contribution >= 4 is 11.5 Å². The largest absolute Gasteiger partial charge is 0.397 e. The lowest BCUT2D eigenvalue weighted by atomic mass is 10.1. The first-order valence-electron chi connectivity index (χ1n) is 5.48. The minimum Gasteiger partial charge on any atom is -0.397 e. The maximum Gasteiger partial charge on any atom is 0.129 e. The van der Waals surface area contributed by atoms with Crippen molar-refractivity contribution in [2.45, 2.75) is 33.2 Å². The zero-order valence-electron chi connectivity index (χ0n) is 10.6. The van der Waals surface area contributed by atoms with E-state index >= 15 is 0 Å². The molecule has 3 heteroatoms. The number of anilines is 2. The zero-order chi connectivity index (χ0) is 12.3. The highest BCUT2D eigenvalue weighted by molar-refractivity contribution is 5.51. The third-order valence-corrected chi connectivity index (χ3v) is 2.51. The smallest absolute Gasteiger partial charge is 0.129 e. The second kappa shape index (κ2) is 4.56. The molecule has 0 amide bonds. The molecule has 0 unspecified atom stereocenters. The molecule has 3 nitrogen and oxygen atoms in total. The number of hydrogen-bond donors (Lipinski definition) is 1. The van der Waals surface area contributed by atoms with Crippen LogP contribution in [-0.2, 0) is 0 Å². The van der Waals surface area contributed by atoms with Crippen molar-refractivity contribution < 1.29 is 0 Å². The Morgan fingerprint density at radius 2 is 2.06 bits per heavy atom. The van der Waals surface area contributed by atoms with Crippen LogP contribution in [0.25, 0.3) is 0 Å². The number of rotatable bonds is 3. The Hall–Kier alpha value is -1.51. The summed E-state index contributed by atoms with van der Waals surface area (Å²) in [5.41, 5.74) is 7.39. The Kier molecular flexibility index (Phi) is 3.58. The third-order valence-electron chi connectivity index (χ3n) is 2.51. The van der Waals surface area contributed by atoms with Crippen LogP contribution in [0.2, 0.25) is 0 Å². The second-order valence-corrected chi connectivity index (χ2v) is 4.91. The van der Waals surface area contributed by atoms with Gasteiger partial charge in [0.1, 0.15) is 5.82 Å². The number of hydrogen-bond acceptors (Lipinski definition) is 3. The topological polar surface area (TPSA) is 42.1 Å². The first-order chi connectivity index (χ1) is 7.36. The van der Waals surface area contributed by atoms with Crippen LogP contribution in [0.5, 0.6) is 0 Å². The van der Waals surface area contributed by atoms with Gasteiger partial charge in [-0.2, -0.15) is 0 Å². The number of nitrogen functional groups attached to an aromatic ring is 1. The highest BCUT2D eigenvalue weighted by Crippen LogP contribution is 2.23. The Morgan fingerprint density at radius 3 is 2.50 bits per heavy atom. The van der Waals surface area contributed by atoms with E-state index in [0.717, 1.165) is 23.7 Å². The SMILES string of the molecule is C=CCN(c1ccc(N)c(C)n1)C(C)(C)C. The van der Waals surface area contributed by atoms with Gasteiger partial charge < -0.3 is 10.6 Å². The summed E-state index contributed by atoms with van der Waals surface area (Å²) in [4.78, 5) is 6.71. The quantitative estimate of drug-likeness (QED) is 0.795. The molecule has 1 heterocycles. The molecule has 0 aromatic carbocycles. The van der Waals surface area contributed by atoms with Gasteiger partial charge in [-0.15, -0.1) is 6.58 Å². The molecule has 0 aliphatic carbocycles. The van der Waals surface area contributed by atoms with E-state index in [4.69, 9.17) is 5.73 Å². The molecule has 1 aromatic heterocycles. The number of aryl methyl sites for hydroxylation is 1. The van der Waals surface area contributed by atoms with Crippen molar-refractivity contribution in [3.05, 3.63) is 30.5 Å². The van der Waals surface area contributed by atoms with Crippen molar-refractivity contribution in [2.24, 2.45) is 0 Å². The fourth-order valence-corrected chi connectivity index (χ4v) is 1.55. The molecule has 0 radical (unpaired) electrons. The summed E-state index contributed by atoms with van der Waals surface area (Å²) in [5, 5.41) is 0. The van der Waals surface area contributed by atoms with Gasteiger partial charge in [-0.3, -0.25) is 0 Å². The molecule has 0 spiro atoms. The maximum atomic E-state index is 5.77. The van der Waals surface area contributed by atoms with Gasteiger partial charge in [0.05, 0.1) is 11.4 Å². The molecule has 0 aliphatic heterocycles. The van der Waals surface area contributed by atoms with Crippen LogP contribution >= 0.6 is 0 Å². The summed E-state index contributed by atoms with van der Waals surface area (Å²) in [6, 6.07) is 3.86. The highest BCUT2D eigenvalue weighted by Gasteiger charge is 2.21. The number of nitrogens with two attached hydrogens (primary N) is 1. The number of aromatic nitrogens is 1. The summed E-state index contributed by atoms with van der Waals surface area (Å²) in [5.74, 6) is 0.944. The molecular formula is C13H21N3. The van der Waals surface area contributed by atoms with Gasteiger partial charge in [-0.1, -0.05) is 6.08 Å². The Morgan fingerprint density at radius 1 is 1.44 bits per heavy atom. The first-order valence-corrected chi connectivity index (χ1v) is 5.48. The van der Waals surface area contributed by atoms with Gasteiger partial charge in [0.15, 0.2) is 0 Å². The predicted octanol–water partition coefficient (Wildman–Crippen LogP) is 2.76. The van der Waals surface area contributed by atoms with Crippen molar-refractivity contribution in [1.29, 1.82) is 0 Å². The van der Waals surface area contributed by atoms with Crippen LogP contribution in [0.15, 0.2) is 24.8 Å². The van der Waals surface area contributed by atoms with Crippen molar-refractivity contribution in [3.63, 3.8) is 0 Å². The summed E-state index contributed by atoms with van der Waals surface area (Å²) in [7, 11) is 0. The first kappa shape index (κ1) is 12.6. The van der Waals surface area contributed by atoms with Gasteiger partial charge in [-0.05, 0) is 39.8 Å². The molecule has 88 valence electrons. The van der Waals surface area contributed by atoms with Gasteiger partial charge in [-0.25, -0.2) is 4.98 Å². The lowest BCUT2D eigenvalue weighted by Gasteiger charge is -2.36. The molecule has 0 atom stereocenters. The van der Waals surface area contributed by atoms with E-state index < -0.39 is 0 Å². The Bertz CT molecular complexity index is 377. The van der Waals surface area contributed by atoms with Crippen molar-refractivity contribution in [3.8, 4) is 0 Å². The highest BCUT2D eigenvalue weighted by atomic mass is 15.2. The lowest BCUT2D eigenvalue weighted by Crippen LogP contribution is -2.42. The van der Waals surface area contributed by atoms with Crippen molar-refractivity contribution in [2.75, 3.05) is 17.2 Å². The third kappa shape index (κ3) is 2.75. The molecular weight excluding hydrogens is 198 g/mol. The number of nitrogens with zero attached hydrogens (tertiary/aromatic N) is 2. The summed E-state index contributed by atoms with van der Waals surface area (Å²) in [6.07, 6.45) is 1.89. The predicted molar refractivity (Wildman–Crippen MR) is 70.7 cm³/mol. The monoisotopic (exact) mass is 219 g/mol. The average molecular weight is 219 g/mol. The lowest BCUT2D eigenvalue weighted by molar-refractivity contribution is 0.517. The summed E-state index contributed by atoms with van der Waals surface area (Å²) < 4.78 is 0. The molecule has 0 aliphatic rings. The van der Waals surface area contributed by atoms with Gasteiger partial charge >= 0.3 is 0 Å². The van der Waals surface area contributed by atoms with Gasteiger partial charge in [0.25, 0.3) is 0 Å². The fraction of sp³-hybridized carbons (Fsp3) is 0.462. The normalized spacial score (nSPS) is 11.2. The summed E-state index contributed by atoms with van der Waals surface area (Å²) in [6.45, 7) is 13.0. The molecule has 16 heavy (non-hydrogen) atoms. The van der Waals surface area contributed by atoms with Gasteiger partial charge in [0, 0.05) is 12.1 Å². The van der Waals surface area contributed by atoms with Crippen LogP contribution in [-0.4, -0.2) is 17.1 Å². The minimum absolute atomic E-state index is 0.0176. The van der Waals surface area contributed by atoms with Crippen LogP contribution in [0.4, 0.5) is 11.5 Å². The van der Waals surface area contributed by atoms with E-state index in [1.54, 1.807) is 0 Å². The van der Waals surface area contributed by atoms with E-state index in [0.29, 0.717) is 0 Å². The van der Waals surface area contributed by atoms with E-state index in [9.17, 15) is 0 Å². The Balaban J connectivity index is 3.11. The molecule has 1 aromatic rings. The maximum absolute atomic E-state index is 5.77. The van der Waals surface area contributed by atoms with Crippen LogP contribution < -0.4 is 10.6 Å². The average Bonchev–Trinajstić information content (AvgIpc) is 2.17. The van der Waals surface area contributed by atoms with Crippen molar-refractivity contribution in [1.82, 2.24) is 4.98 Å². The minimum atomic E-state index is 0.0176. The van der Waals surface area contributed by atoms with Gasteiger partial charge in [0.2, 0.25) is 0 Å². The second-order valence-electron chi connectivity index (χ2n) is 4.91. The van der Waals surface area contributed by atoms with Crippen LogP contribution in [0, 0.1) is 6.92 Å². The molecule has 0 bridgehead atoms. The van der Waals surface area contributed by atoms with Crippen LogP contribution in [0.1, 0.15) is 26.5 Å². The Labute approximate surface area is 98.0 Å². The zero-order valence-corrected chi connectivity index (χ0v) is 10.6. The number of pyridine rings is 1.